The Bertz CT molecular complexity index is 1680. The molecule has 2 amide bonds. The van der Waals surface area contributed by atoms with E-state index in [1.54, 1.807) is 18.7 Å². The zero-order chi connectivity index (χ0) is 38.0. The van der Waals surface area contributed by atoms with Crippen LogP contribution in [-0.4, -0.2) is 117 Å². The first kappa shape index (κ1) is 40.7. The summed E-state index contributed by atoms with van der Waals surface area (Å²) in [5, 5.41) is 56.5. The van der Waals surface area contributed by atoms with E-state index in [2.05, 4.69) is 27.8 Å². The van der Waals surface area contributed by atoms with E-state index in [4.69, 9.17) is 26.2 Å². The summed E-state index contributed by atoms with van der Waals surface area (Å²) in [5.74, 6) is 0.568. The Morgan fingerprint density at radius 1 is 1.06 bits per heavy atom. The molecule has 15 heteroatoms. The molecule has 0 spiro atoms. The monoisotopic (exact) mass is 772 g/mol. The average molecular weight is 773 g/mol. The molecule has 2 aliphatic carbocycles. The molecule has 0 aliphatic heterocycles. The summed E-state index contributed by atoms with van der Waals surface area (Å²) in [7, 11) is 0. The number of hydrogen-bond acceptors (Lipinski definition) is 12. The van der Waals surface area contributed by atoms with Crippen molar-refractivity contribution in [3.05, 3.63) is 77.1 Å². The second-order valence-electron chi connectivity index (χ2n) is 13.3. The van der Waals surface area contributed by atoms with E-state index in [0.29, 0.717) is 23.7 Å². The molecular formula is C38H49ClN4O9S. The maximum absolute atomic E-state index is 13.1. The van der Waals surface area contributed by atoms with Crippen LogP contribution in [0.25, 0.3) is 11.1 Å². The first-order chi connectivity index (χ1) is 25.6. The first-order valence-electron chi connectivity index (χ1n) is 18.0. The summed E-state index contributed by atoms with van der Waals surface area (Å²) in [5.41, 5.74) is 3.98. The van der Waals surface area contributed by atoms with E-state index in [1.807, 2.05) is 48.8 Å². The summed E-state index contributed by atoms with van der Waals surface area (Å²) < 4.78 is 11.1. The van der Waals surface area contributed by atoms with E-state index < -0.39 is 43.0 Å². The van der Waals surface area contributed by atoms with E-state index in [0.717, 1.165) is 58.6 Å². The van der Waals surface area contributed by atoms with Crippen LogP contribution in [0.2, 0.25) is 5.02 Å². The van der Waals surface area contributed by atoms with Crippen LogP contribution in [0, 0.1) is 0 Å². The summed E-state index contributed by atoms with van der Waals surface area (Å²) in [6.07, 6.45) is 0.114. The number of amides is 2. The minimum Gasteiger partial charge on any atom is -0.490 e. The van der Waals surface area contributed by atoms with Gasteiger partial charge in [-0.2, -0.15) is 0 Å². The lowest BCUT2D eigenvalue weighted by Gasteiger charge is -2.30. The molecule has 7 N–H and O–H groups in total. The molecule has 2 fully saturated rings. The van der Waals surface area contributed by atoms with Crippen LogP contribution in [0.3, 0.4) is 0 Å². The van der Waals surface area contributed by atoms with Gasteiger partial charge < -0.3 is 50.5 Å². The fraction of sp³-hybridized carbons (Fsp3) is 0.500. The normalized spacial score (nSPS) is 17.0. The van der Waals surface area contributed by atoms with Crippen LogP contribution in [0.15, 0.2) is 65.8 Å². The molecule has 0 saturated heterocycles. The predicted octanol–water partition coefficient (Wildman–Crippen LogP) is 3.21. The lowest BCUT2D eigenvalue weighted by molar-refractivity contribution is -0.158. The number of carbonyl (C=O) groups is 2. The first-order valence-corrected chi connectivity index (χ1v) is 19.3. The number of hydrogen-bond donors (Lipinski definition) is 7. The number of aliphatic hydroxyl groups is 5. The SMILES string of the molecule is CCOC(=O)NCCN(CCCSc1ccc(Cl)c(CNC2(c3cnccc3-c3ccccc3OC3CC3)CC2)c1)C(=O)[C@@H](O)[C@@H](O)[C@H](O)[C@@H](O)CO. The molecule has 53 heavy (non-hydrogen) atoms. The average Bonchev–Trinajstić information content (AvgIpc) is 4.12. The fourth-order valence-electron chi connectivity index (χ4n) is 5.98. The maximum Gasteiger partial charge on any atom is 0.407 e. The number of nitrogens with zero attached hydrogens (tertiary/aromatic N) is 2. The smallest absolute Gasteiger partial charge is 0.407 e. The summed E-state index contributed by atoms with van der Waals surface area (Å²) in [6, 6.07) is 16.0. The number of para-hydroxylation sites is 1. The van der Waals surface area contributed by atoms with Gasteiger partial charge in [-0.25, -0.2) is 4.79 Å². The van der Waals surface area contributed by atoms with E-state index in [1.165, 1.54) is 4.90 Å². The number of aliphatic hydroxyl groups excluding tert-OH is 5. The van der Waals surface area contributed by atoms with Crippen LogP contribution >= 0.6 is 23.4 Å². The maximum atomic E-state index is 13.1. The van der Waals surface area contributed by atoms with Gasteiger partial charge in [0.25, 0.3) is 5.91 Å². The largest absolute Gasteiger partial charge is 0.490 e. The number of thioether (sulfide) groups is 1. The molecule has 4 atom stereocenters. The number of aromatic nitrogens is 1. The summed E-state index contributed by atoms with van der Waals surface area (Å²) in [4.78, 5) is 31.6. The Balaban J connectivity index is 1.19. The Labute approximate surface area is 318 Å². The van der Waals surface area contributed by atoms with Crippen molar-refractivity contribution in [2.45, 2.75) is 86.5 Å². The van der Waals surface area contributed by atoms with Gasteiger partial charge in [0.2, 0.25) is 0 Å². The number of rotatable bonds is 21. The highest BCUT2D eigenvalue weighted by Crippen LogP contribution is 2.50. The van der Waals surface area contributed by atoms with Gasteiger partial charge in [0.05, 0.1) is 19.3 Å². The number of halogens is 1. The number of nitrogens with one attached hydrogen (secondary N) is 2. The number of pyridine rings is 1. The molecule has 5 rings (SSSR count). The van der Waals surface area contributed by atoms with Gasteiger partial charge in [0.1, 0.15) is 24.1 Å². The van der Waals surface area contributed by atoms with Crippen LogP contribution in [0.5, 0.6) is 5.75 Å². The Hall–Kier alpha value is -3.47. The second-order valence-corrected chi connectivity index (χ2v) is 14.8. The third-order valence-corrected chi connectivity index (χ3v) is 10.8. The van der Waals surface area contributed by atoms with Gasteiger partial charge in [0, 0.05) is 59.6 Å². The van der Waals surface area contributed by atoms with Gasteiger partial charge >= 0.3 is 6.09 Å². The van der Waals surface area contributed by atoms with Crippen LogP contribution in [0.1, 0.15) is 50.2 Å². The molecule has 2 aliphatic rings. The third-order valence-electron chi connectivity index (χ3n) is 9.30. The van der Waals surface area contributed by atoms with Crippen molar-refractivity contribution in [3.63, 3.8) is 0 Å². The van der Waals surface area contributed by atoms with E-state index >= 15 is 0 Å². The quantitative estimate of drug-likeness (QED) is 0.0619. The van der Waals surface area contributed by atoms with E-state index in [9.17, 15) is 30.0 Å². The molecule has 0 unspecified atom stereocenters. The van der Waals surface area contributed by atoms with Crippen molar-refractivity contribution in [2.75, 3.05) is 38.6 Å². The number of alkyl carbamates (subject to hydrolysis) is 1. The Kier molecular flexibility index (Phi) is 14.8. The fourth-order valence-corrected chi connectivity index (χ4v) is 7.07. The summed E-state index contributed by atoms with van der Waals surface area (Å²) in [6.45, 7) is 1.65. The minimum atomic E-state index is -2.07. The standard InChI is InChI=1S/C38H49ClN4O9S/c1-2-51-37(50)41-16-18-43(36(49)35(48)34(47)33(46)31(45)23-44)17-5-19-53-26-10-11-30(39)24(20-26)21-42-38(13-14-38)29-22-40-15-12-27(29)28-6-3-4-7-32(28)52-25-8-9-25/h3-4,6-7,10-12,15,20,22,25,31,33-35,42,44-48H,2,5,8-9,13-14,16-19,21,23H2,1H3,(H,41,50)/t31-,33+,34-,35-/m0/s1. The lowest BCUT2D eigenvalue weighted by Crippen LogP contribution is -2.53. The number of carbonyl (C=O) groups excluding carboxylic acids is 2. The van der Waals surface area contributed by atoms with Crippen molar-refractivity contribution >= 4 is 35.4 Å². The highest BCUT2D eigenvalue weighted by Gasteiger charge is 2.46. The molecule has 1 heterocycles. The number of benzene rings is 2. The predicted molar refractivity (Wildman–Crippen MR) is 201 cm³/mol. The van der Waals surface area contributed by atoms with Gasteiger partial charge in [0.15, 0.2) is 6.10 Å². The van der Waals surface area contributed by atoms with Crippen molar-refractivity contribution in [2.24, 2.45) is 0 Å². The zero-order valence-electron chi connectivity index (χ0n) is 29.7. The van der Waals surface area contributed by atoms with Gasteiger partial charge in [-0.3, -0.25) is 9.78 Å². The Morgan fingerprint density at radius 3 is 2.55 bits per heavy atom. The van der Waals surface area contributed by atoms with Crippen LogP contribution in [0.4, 0.5) is 4.79 Å². The number of ether oxygens (including phenoxy) is 2. The highest BCUT2D eigenvalue weighted by molar-refractivity contribution is 7.99. The molecule has 1 aromatic heterocycles. The molecule has 13 nitrogen and oxygen atoms in total. The zero-order valence-corrected chi connectivity index (χ0v) is 31.3. The van der Waals surface area contributed by atoms with Gasteiger partial charge in [-0.05, 0) is 91.8 Å². The van der Waals surface area contributed by atoms with Crippen LogP contribution in [-0.2, 0) is 21.6 Å². The topological polar surface area (TPSA) is 194 Å². The van der Waals surface area contributed by atoms with Crippen molar-refractivity contribution in [1.82, 2.24) is 20.5 Å². The molecule has 2 aromatic carbocycles. The molecule has 3 aromatic rings. The van der Waals surface area contributed by atoms with Crippen molar-refractivity contribution in [3.8, 4) is 16.9 Å². The van der Waals surface area contributed by atoms with Crippen LogP contribution < -0.4 is 15.4 Å². The lowest BCUT2D eigenvalue weighted by atomic mass is 9.94. The molecule has 2 saturated carbocycles. The van der Waals surface area contributed by atoms with Gasteiger partial charge in [-0.15, -0.1) is 11.8 Å². The van der Waals surface area contributed by atoms with Gasteiger partial charge in [-0.1, -0.05) is 29.8 Å². The van der Waals surface area contributed by atoms with Crippen molar-refractivity contribution in [1.29, 1.82) is 0 Å². The highest BCUT2D eigenvalue weighted by atomic mass is 35.5. The molecule has 0 radical (unpaired) electrons. The Morgan fingerprint density at radius 2 is 1.83 bits per heavy atom. The molecular weight excluding hydrogens is 724 g/mol. The summed E-state index contributed by atoms with van der Waals surface area (Å²) >= 11 is 8.24. The molecule has 288 valence electrons. The van der Waals surface area contributed by atoms with Crippen molar-refractivity contribution < 1.29 is 44.6 Å². The molecule has 0 bridgehead atoms. The minimum absolute atomic E-state index is 0.0126. The second kappa shape index (κ2) is 19.2. The third kappa shape index (κ3) is 11.0. The van der Waals surface area contributed by atoms with E-state index in [-0.39, 0.29) is 37.9 Å².